The molecule has 17 heavy (non-hydrogen) atoms. The molecule has 0 aromatic carbocycles. The summed E-state index contributed by atoms with van der Waals surface area (Å²) in [7, 11) is 0. The predicted octanol–water partition coefficient (Wildman–Crippen LogP) is 3.01. The Bertz CT molecular complexity index is 340. The van der Waals surface area contributed by atoms with Crippen LogP contribution in [-0.2, 0) is 4.79 Å². The molecule has 1 aliphatic rings. The highest BCUT2D eigenvalue weighted by Crippen LogP contribution is 2.41. The summed E-state index contributed by atoms with van der Waals surface area (Å²) in [4.78, 5) is 12.1. The van der Waals surface area contributed by atoms with Crippen molar-refractivity contribution in [2.75, 3.05) is 0 Å². The molecular weight excluding hydrogens is 212 g/mol. The number of rotatable bonds is 3. The molecule has 1 aliphatic carbocycles. The van der Waals surface area contributed by atoms with E-state index in [0.29, 0.717) is 12.8 Å². The van der Waals surface area contributed by atoms with Gasteiger partial charge in [-0.05, 0) is 44.9 Å². The molecule has 0 unspecified atom stereocenters. The van der Waals surface area contributed by atoms with Gasteiger partial charge in [0.1, 0.15) is 5.41 Å². The van der Waals surface area contributed by atoms with Gasteiger partial charge >= 0.3 is 0 Å². The second kappa shape index (κ2) is 4.33. The monoisotopic (exact) mass is 236 g/mol. The Morgan fingerprint density at radius 2 is 1.82 bits per heavy atom. The van der Waals surface area contributed by atoms with Crippen molar-refractivity contribution in [2.45, 2.75) is 65.8 Å². The van der Waals surface area contributed by atoms with E-state index in [1.807, 2.05) is 13.8 Å². The van der Waals surface area contributed by atoms with Crippen molar-refractivity contribution in [3.05, 3.63) is 0 Å². The van der Waals surface area contributed by atoms with Crippen LogP contribution in [0, 0.1) is 22.2 Å². The normalized spacial score (nSPS) is 19.1. The minimum Gasteiger partial charge on any atom is -0.350 e. The summed E-state index contributed by atoms with van der Waals surface area (Å²) in [5.74, 6) is -0.0829. The largest absolute Gasteiger partial charge is 0.350 e. The summed E-state index contributed by atoms with van der Waals surface area (Å²) < 4.78 is 0. The first-order valence-corrected chi connectivity index (χ1v) is 6.34. The Balaban J connectivity index is 2.65. The number of hydrogen-bond donors (Lipinski definition) is 1. The van der Waals surface area contributed by atoms with Gasteiger partial charge in [-0.15, -0.1) is 0 Å². The predicted molar refractivity (Wildman–Crippen MR) is 68.2 cm³/mol. The number of nitriles is 1. The molecule has 0 atom stereocenters. The second-order valence-corrected chi connectivity index (χ2v) is 7.12. The van der Waals surface area contributed by atoms with E-state index in [9.17, 15) is 4.79 Å². The third-order valence-corrected chi connectivity index (χ3v) is 3.28. The highest BCUT2D eigenvalue weighted by molar-refractivity contribution is 5.86. The molecule has 0 saturated heterocycles. The van der Waals surface area contributed by atoms with Crippen LogP contribution in [0.15, 0.2) is 0 Å². The molecule has 0 bridgehead atoms. The van der Waals surface area contributed by atoms with Gasteiger partial charge in [0, 0.05) is 5.54 Å². The van der Waals surface area contributed by atoms with Gasteiger partial charge in [0.05, 0.1) is 6.07 Å². The molecule has 0 radical (unpaired) electrons. The number of carbonyl (C=O) groups excluding carboxylic acids is 1. The summed E-state index contributed by atoms with van der Waals surface area (Å²) >= 11 is 0. The zero-order chi connectivity index (χ0) is 13.3. The van der Waals surface area contributed by atoms with Gasteiger partial charge < -0.3 is 5.32 Å². The average molecular weight is 236 g/mol. The zero-order valence-corrected chi connectivity index (χ0v) is 11.7. The fourth-order valence-corrected chi connectivity index (χ4v) is 2.72. The van der Waals surface area contributed by atoms with Gasteiger partial charge in [0.2, 0.25) is 5.91 Å². The minimum absolute atomic E-state index is 0.0829. The molecule has 3 heteroatoms. The maximum absolute atomic E-state index is 12.1. The molecule has 1 saturated carbocycles. The molecular formula is C14H24N2O. The van der Waals surface area contributed by atoms with Crippen LogP contribution in [0.25, 0.3) is 0 Å². The van der Waals surface area contributed by atoms with Crippen LogP contribution < -0.4 is 5.32 Å². The Kier molecular flexibility index (Phi) is 3.57. The Labute approximate surface area is 105 Å². The summed E-state index contributed by atoms with van der Waals surface area (Å²) in [5, 5.41) is 12.2. The lowest BCUT2D eigenvalue weighted by Crippen LogP contribution is -2.53. The standard InChI is InChI=1S/C14H24N2O/c1-12(2,3)9-13(4,5)16-11(17)14(10-15)7-6-8-14/h6-9H2,1-5H3,(H,16,17). The van der Waals surface area contributed by atoms with E-state index in [2.05, 4.69) is 32.2 Å². The van der Waals surface area contributed by atoms with E-state index < -0.39 is 5.41 Å². The lowest BCUT2D eigenvalue weighted by Gasteiger charge is -2.39. The number of carbonyl (C=O) groups is 1. The molecule has 0 spiro atoms. The van der Waals surface area contributed by atoms with E-state index in [0.717, 1.165) is 12.8 Å². The van der Waals surface area contributed by atoms with Gasteiger partial charge in [0.25, 0.3) is 0 Å². The van der Waals surface area contributed by atoms with E-state index >= 15 is 0 Å². The van der Waals surface area contributed by atoms with E-state index in [1.165, 1.54) is 0 Å². The van der Waals surface area contributed by atoms with Gasteiger partial charge in [-0.1, -0.05) is 20.8 Å². The molecule has 0 aliphatic heterocycles. The molecule has 0 aromatic rings. The summed E-state index contributed by atoms with van der Waals surface area (Å²) in [6.07, 6.45) is 3.30. The number of nitrogens with one attached hydrogen (secondary N) is 1. The van der Waals surface area contributed by atoms with E-state index in [4.69, 9.17) is 5.26 Å². The summed E-state index contributed by atoms with van der Waals surface area (Å²) in [6, 6.07) is 2.19. The van der Waals surface area contributed by atoms with Crippen molar-refractivity contribution in [3.63, 3.8) is 0 Å². The Morgan fingerprint density at radius 1 is 1.29 bits per heavy atom. The Morgan fingerprint density at radius 3 is 2.12 bits per heavy atom. The first kappa shape index (κ1) is 14.0. The number of amides is 1. The average Bonchev–Trinajstić information content (AvgIpc) is 1.95. The lowest BCUT2D eigenvalue weighted by molar-refractivity contribution is -0.133. The van der Waals surface area contributed by atoms with Crippen molar-refractivity contribution in [1.29, 1.82) is 5.26 Å². The zero-order valence-electron chi connectivity index (χ0n) is 11.7. The topological polar surface area (TPSA) is 52.9 Å². The molecule has 1 rings (SSSR count). The quantitative estimate of drug-likeness (QED) is 0.819. The maximum atomic E-state index is 12.1. The molecule has 1 amide bonds. The fraction of sp³-hybridized carbons (Fsp3) is 0.857. The van der Waals surface area contributed by atoms with Crippen LogP contribution in [0.2, 0.25) is 0 Å². The lowest BCUT2D eigenvalue weighted by atomic mass is 9.68. The van der Waals surface area contributed by atoms with Crippen LogP contribution >= 0.6 is 0 Å². The summed E-state index contributed by atoms with van der Waals surface area (Å²) in [5.41, 5.74) is -0.833. The van der Waals surface area contributed by atoms with Crippen LogP contribution in [0.4, 0.5) is 0 Å². The van der Waals surface area contributed by atoms with Gasteiger partial charge in [0.15, 0.2) is 0 Å². The summed E-state index contributed by atoms with van der Waals surface area (Å²) in [6.45, 7) is 10.5. The van der Waals surface area contributed by atoms with Crippen molar-refractivity contribution in [3.8, 4) is 6.07 Å². The first-order valence-electron chi connectivity index (χ1n) is 6.34. The van der Waals surface area contributed by atoms with E-state index in [-0.39, 0.29) is 16.9 Å². The Hall–Kier alpha value is -1.04. The molecule has 0 heterocycles. The first-order chi connectivity index (χ1) is 7.60. The van der Waals surface area contributed by atoms with Gasteiger partial charge in [-0.25, -0.2) is 0 Å². The van der Waals surface area contributed by atoms with Crippen molar-refractivity contribution in [1.82, 2.24) is 5.32 Å². The number of hydrogen-bond acceptors (Lipinski definition) is 2. The van der Waals surface area contributed by atoms with Crippen molar-refractivity contribution >= 4 is 5.91 Å². The van der Waals surface area contributed by atoms with E-state index in [1.54, 1.807) is 0 Å². The SMILES string of the molecule is CC(C)(C)CC(C)(C)NC(=O)C1(C#N)CCC1. The fourth-order valence-electron chi connectivity index (χ4n) is 2.72. The maximum Gasteiger partial charge on any atom is 0.240 e. The van der Waals surface area contributed by atoms with Crippen molar-refractivity contribution in [2.24, 2.45) is 10.8 Å². The van der Waals surface area contributed by atoms with Gasteiger partial charge in [-0.2, -0.15) is 5.26 Å². The van der Waals surface area contributed by atoms with Crippen LogP contribution in [0.1, 0.15) is 60.3 Å². The third-order valence-electron chi connectivity index (χ3n) is 3.28. The van der Waals surface area contributed by atoms with Crippen molar-refractivity contribution < 1.29 is 4.79 Å². The smallest absolute Gasteiger partial charge is 0.240 e. The molecule has 1 N–H and O–H groups in total. The third kappa shape index (κ3) is 3.46. The molecule has 3 nitrogen and oxygen atoms in total. The molecule has 0 aromatic heterocycles. The highest BCUT2D eigenvalue weighted by Gasteiger charge is 2.46. The van der Waals surface area contributed by atoms with Crippen LogP contribution in [0.5, 0.6) is 0 Å². The molecule has 96 valence electrons. The van der Waals surface area contributed by atoms with Crippen LogP contribution in [-0.4, -0.2) is 11.4 Å². The second-order valence-electron chi connectivity index (χ2n) is 7.12. The minimum atomic E-state index is -0.741. The van der Waals surface area contributed by atoms with Crippen LogP contribution in [0.3, 0.4) is 0 Å². The molecule has 1 fully saturated rings. The highest BCUT2D eigenvalue weighted by atomic mass is 16.2. The number of nitrogens with zero attached hydrogens (tertiary/aromatic N) is 1. The van der Waals surface area contributed by atoms with Gasteiger partial charge in [-0.3, -0.25) is 4.79 Å².